The molecule has 0 aromatic rings. The van der Waals surface area contributed by atoms with E-state index in [4.69, 9.17) is 5.73 Å². The van der Waals surface area contributed by atoms with E-state index in [9.17, 15) is 4.79 Å². The molecule has 4 heteroatoms. The molecular weight excluding hydrogens is 238 g/mol. The largest absolute Gasteiger partial charge is 0.353 e. The first-order chi connectivity index (χ1) is 8.79. The Hall–Kier alpha value is -0.610. The molecule has 1 amide bonds. The van der Waals surface area contributed by atoms with E-state index in [1.807, 2.05) is 0 Å². The maximum atomic E-state index is 11.5. The quantitative estimate of drug-likeness (QED) is 0.794. The van der Waals surface area contributed by atoms with Gasteiger partial charge in [0.25, 0.3) is 0 Å². The SMILES string of the molecule is CC(N)C(N1CCC2NC(=O)CCC2C1)C(C)(C)C. The van der Waals surface area contributed by atoms with Crippen molar-refractivity contribution in [1.82, 2.24) is 10.2 Å². The van der Waals surface area contributed by atoms with Gasteiger partial charge >= 0.3 is 0 Å². The Morgan fingerprint density at radius 1 is 1.37 bits per heavy atom. The van der Waals surface area contributed by atoms with Crippen molar-refractivity contribution in [3.05, 3.63) is 0 Å². The lowest BCUT2D eigenvalue weighted by atomic mass is 9.78. The molecule has 0 spiro atoms. The number of carbonyl (C=O) groups excluding carboxylic acids is 1. The van der Waals surface area contributed by atoms with Crippen LogP contribution in [0.25, 0.3) is 0 Å². The Bertz CT molecular complexity index is 335. The van der Waals surface area contributed by atoms with Gasteiger partial charge in [-0.2, -0.15) is 0 Å². The number of likely N-dealkylation sites (tertiary alicyclic amines) is 1. The van der Waals surface area contributed by atoms with Crippen molar-refractivity contribution in [2.45, 2.75) is 65.1 Å². The van der Waals surface area contributed by atoms with E-state index >= 15 is 0 Å². The molecule has 0 aliphatic carbocycles. The molecule has 2 saturated heterocycles. The van der Waals surface area contributed by atoms with Gasteiger partial charge in [-0.3, -0.25) is 9.69 Å². The fourth-order valence-electron chi connectivity index (χ4n) is 4.06. The highest BCUT2D eigenvalue weighted by Gasteiger charge is 2.40. The highest BCUT2D eigenvalue weighted by molar-refractivity contribution is 5.77. The van der Waals surface area contributed by atoms with Crippen LogP contribution in [-0.4, -0.2) is 42.0 Å². The van der Waals surface area contributed by atoms with Crippen molar-refractivity contribution < 1.29 is 4.79 Å². The van der Waals surface area contributed by atoms with Gasteiger partial charge in [0.1, 0.15) is 0 Å². The summed E-state index contributed by atoms with van der Waals surface area (Å²) in [4.78, 5) is 14.0. The van der Waals surface area contributed by atoms with Crippen LogP contribution in [0.2, 0.25) is 0 Å². The molecule has 110 valence electrons. The minimum absolute atomic E-state index is 0.176. The van der Waals surface area contributed by atoms with Crippen molar-refractivity contribution in [1.29, 1.82) is 0 Å². The molecule has 0 aromatic carbocycles. The van der Waals surface area contributed by atoms with Crippen LogP contribution in [0.1, 0.15) is 47.0 Å². The number of rotatable bonds is 2. The number of hydrogen-bond acceptors (Lipinski definition) is 3. The van der Waals surface area contributed by atoms with Crippen molar-refractivity contribution in [2.24, 2.45) is 17.1 Å². The summed E-state index contributed by atoms with van der Waals surface area (Å²) in [6.45, 7) is 11.1. The van der Waals surface area contributed by atoms with Crippen LogP contribution in [0.3, 0.4) is 0 Å². The second-order valence-corrected chi connectivity index (χ2v) is 7.43. The first kappa shape index (κ1) is 14.8. The van der Waals surface area contributed by atoms with E-state index in [2.05, 4.69) is 37.9 Å². The van der Waals surface area contributed by atoms with Crippen LogP contribution in [0.5, 0.6) is 0 Å². The van der Waals surface area contributed by atoms with Crippen molar-refractivity contribution in [3.63, 3.8) is 0 Å². The maximum Gasteiger partial charge on any atom is 0.220 e. The van der Waals surface area contributed by atoms with E-state index in [-0.39, 0.29) is 17.4 Å². The minimum Gasteiger partial charge on any atom is -0.353 e. The number of hydrogen-bond donors (Lipinski definition) is 2. The van der Waals surface area contributed by atoms with Gasteiger partial charge < -0.3 is 11.1 Å². The predicted molar refractivity (Wildman–Crippen MR) is 77.7 cm³/mol. The van der Waals surface area contributed by atoms with E-state index in [1.54, 1.807) is 0 Å². The Balaban J connectivity index is 2.05. The molecule has 2 aliphatic rings. The number of piperidine rings is 2. The molecule has 4 unspecified atom stereocenters. The Morgan fingerprint density at radius 2 is 2.05 bits per heavy atom. The summed E-state index contributed by atoms with van der Waals surface area (Å²) >= 11 is 0. The third-order valence-corrected chi connectivity index (χ3v) is 4.63. The summed E-state index contributed by atoms with van der Waals surface area (Å²) in [5, 5.41) is 3.15. The van der Waals surface area contributed by atoms with Crippen LogP contribution in [0.4, 0.5) is 0 Å². The molecule has 2 aliphatic heterocycles. The average Bonchev–Trinajstić information content (AvgIpc) is 2.27. The molecule has 0 saturated carbocycles. The Kier molecular flexibility index (Phi) is 4.21. The van der Waals surface area contributed by atoms with E-state index in [0.29, 0.717) is 24.4 Å². The summed E-state index contributed by atoms with van der Waals surface area (Å²) in [5.41, 5.74) is 6.43. The zero-order valence-electron chi connectivity index (χ0n) is 12.8. The zero-order chi connectivity index (χ0) is 14.2. The third-order valence-electron chi connectivity index (χ3n) is 4.63. The number of amides is 1. The Labute approximate surface area is 117 Å². The van der Waals surface area contributed by atoms with Gasteiger partial charge in [0, 0.05) is 37.6 Å². The summed E-state index contributed by atoms with van der Waals surface area (Å²) in [6, 6.07) is 0.979. The van der Waals surface area contributed by atoms with Crippen LogP contribution < -0.4 is 11.1 Å². The smallest absolute Gasteiger partial charge is 0.220 e. The molecule has 2 heterocycles. The maximum absolute atomic E-state index is 11.5. The van der Waals surface area contributed by atoms with Crippen LogP contribution >= 0.6 is 0 Å². The standard InChI is InChI=1S/C15H29N3O/c1-10(16)14(15(2,3)4)18-8-7-12-11(9-18)5-6-13(19)17-12/h10-12,14H,5-9,16H2,1-4H3,(H,17,19). The van der Waals surface area contributed by atoms with Crippen molar-refractivity contribution >= 4 is 5.91 Å². The first-order valence-corrected chi connectivity index (χ1v) is 7.58. The molecule has 2 fully saturated rings. The van der Waals surface area contributed by atoms with E-state index < -0.39 is 0 Å². The summed E-state index contributed by atoms with van der Waals surface area (Å²) in [7, 11) is 0. The highest BCUT2D eigenvalue weighted by atomic mass is 16.1. The van der Waals surface area contributed by atoms with Crippen molar-refractivity contribution in [2.75, 3.05) is 13.1 Å². The van der Waals surface area contributed by atoms with Gasteiger partial charge in [0.05, 0.1) is 0 Å². The predicted octanol–water partition coefficient (Wildman–Crippen LogP) is 1.35. The Morgan fingerprint density at radius 3 is 2.63 bits per heavy atom. The molecule has 3 N–H and O–H groups in total. The second kappa shape index (κ2) is 5.41. The minimum atomic E-state index is 0.176. The highest BCUT2D eigenvalue weighted by Crippen LogP contribution is 2.32. The topological polar surface area (TPSA) is 58.4 Å². The molecule has 2 rings (SSSR count). The number of nitrogens with one attached hydrogen (secondary N) is 1. The molecule has 0 radical (unpaired) electrons. The van der Waals surface area contributed by atoms with Crippen LogP contribution in [-0.2, 0) is 4.79 Å². The zero-order valence-corrected chi connectivity index (χ0v) is 12.8. The van der Waals surface area contributed by atoms with E-state index in [1.165, 1.54) is 0 Å². The third kappa shape index (κ3) is 3.29. The first-order valence-electron chi connectivity index (χ1n) is 7.58. The van der Waals surface area contributed by atoms with Gasteiger partial charge in [-0.1, -0.05) is 20.8 Å². The lowest BCUT2D eigenvalue weighted by Gasteiger charge is -2.49. The lowest BCUT2D eigenvalue weighted by molar-refractivity contribution is -0.125. The van der Waals surface area contributed by atoms with Gasteiger partial charge in [-0.05, 0) is 31.1 Å². The monoisotopic (exact) mass is 267 g/mol. The molecule has 19 heavy (non-hydrogen) atoms. The lowest BCUT2D eigenvalue weighted by Crippen LogP contribution is -2.61. The van der Waals surface area contributed by atoms with Gasteiger partial charge in [-0.15, -0.1) is 0 Å². The van der Waals surface area contributed by atoms with Crippen LogP contribution in [0, 0.1) is 11.3 Å². The average molecular weight is 267 g/mol. The fourth-order valence-corrected chi connectivity index (χ4v) is 4.06. The summed E-state index contributed by atoms with van der Waals surface area (Å²) < 4.78 is 0. The molecular formula is C15H29N3O. The number of carbonyl (C=O) groups is 1. The molecule has 4 atom stereocenters. The molecule has 0 bridgehead atoms. The number of nitrogens with two attached hydrogens (primary N) is 1. The van der Waals surface area contributed by atoms with Gasteiger partial charge in [0.15, 0.2) is 0 Å². The molecule has 4 nitrogen and oxygen atoms in total. The normalized spacial score (nSPS) is 32.4. The second-order valence-electron chi connectivity index (χ2n) is 7.43. The van der Waals surface area contributed by atoms with Crippen LogP contribution in [0.15, 0.2) is 0 Å². The van der Waals surface area contributed by atoms with Gasteiger partial charge in [0.2, 0.25) is 5.91 Å². The molecule has 0 aromatic heterocycles. The number of fused-ring (bicyclic) bond motifs is 1. The summed E-state index contributed by atoms with van der Waals surface area (Å²) in [5.74, 6) is 0.837. The van der Waals surface area contributed by atoms with E-state index in [0.717, 1.165) is 25.9 Å². The van der Waals surface area contributed by atoms with Crippen molar-refractivity contribution in [3.8, 4) is 0 Å². The van der Waals surface area contributed by atoms with Gasteiger partial charge in [-0.25, -0.2) is 0 Å². The summed E-state index contributed by atoms with van der Waals surface area (Å²) in [6.07, 6.45) is 2.78. The number of nitrogens with zero attached hydrogens (tertiary/aromatic N) is 1. The fraction of sp³-hybridized carbons (Fsp3) is 0.933.